The van der Waals surface area contributed by atoms with Crippen molar-refractivity contribution in [2.45, 2.75) is 39.3 Å². The zero-order chi connectivity index (χ0) is 14.2. The third-order valence-corrected chi connectivity index (χ3v) is 3.47. The zero-order valence-corrected chi connectivity index (χ0v) is 12.3. The lowest BCUT2D eigenvalue weighted by molar-refractivity contribution is -0.125. The van der Waals surface area contributed by atoms with Crippen LogP contribution in [0.5, 0.6) is 5.75 Å². The third kappa shape index (κ3) is 2.59. The molecule has 0 bridgehead atoms. The maximum absolute atomic E-state index is 12.6. The number of anilines is 1. The van der Waals surface area contributed by atoms with E-state index in [-0.39, 0.29) is 11.9 Å². The normalized spacial score (nSPS) is 22.5. The van der Waals surface area contributed by atoms with Gasteiger partial charge < -0.3 is 9.64 Å². The van der Waals surface area contributed by atoms with Crippen molar-refractivity contribution in [2.24, 2.45) is 0 Å². The van der Waals surface area contributed by atoms with Crippen LogP contribution in [0.3, 0.4) is 0 Å². The van der Waals surface area contributed by atoms with E-state index in [1.54, 1.807) is 7.11 Å². The van der Waals surface area contributed by atoms with Gasteiger partial charge in [-0.25, -0.2) is 0 Å². The van der Waals surface area contributed by atoms with Crippen LogP contribution in [0.15, 0.2) is 18.2 Å². The van der Waals surface area contributed by atoms with Gasteiger partial charge >= 0.3 is 0 Å². The van der Waals surface area contributed by atoms with Gasteiger partial charge in [0.2, 0.25) is 5.91 Å². The molecule has 1 aliphatic rings. The summed E-state index contributed by atoms with van der Waals surface area (Å²) in [6.07, 6.45) is 0. The number of aryl methyl sites for hydroxylation is 1. The van der Waals surface area contributed by atoms with E-state index < -0.39 is 5.54 Å². The fraction of sp³-hybridized carbons (Fsp3) is 0.533. The molecule has 1 atom stereocenters. The van der Waals surface area contributed by atoms with E-state index in [0.717, 1.165) is 17.0 Å². The summed E-state index contributed by atoms with van der Waals surface area (Å²) in [6.45, 7) is 8.59. The van der Waals surface area contributed by atoms with Crippen LogP contribution in [-0.4, -0.2) is 31.1 Å². The number of rotatable bonds is 2. The van der Waals surface area contributed by atoms with Crippen LogP contribution in [0, 0.1) is 6.92 Å². The Morgan fingerprint density at radius 2 is 2.11 bits per heavy atom. The summed E-state index contributed by atoms with van der Waals surface area (Å²) in [6, 6.07) is 6.16. The smallest absolute Gasteiger partial charge is 0.246 e. The number of hydrogen-bond donors (Lipinski definition) is 1. The molecule has 0 aliphatic carbocycles. The van der Waals surface area contributed by atoms with Gasteiger partial charge in [0.1, 0.15) is 5.75 Å². The van der Waals surface area contributed by atoms with Crippen molar-refractivity contribution >= 4 is 11.6 Å². The van der Waals surface area contributed by atoms with Crippen molar-refractivity contribution in [1.29, 1.82) is 0 Å². The maximum Gasteiger partial charge on any atom is 0.246 e. The largest absolute Gasteiger partial charge is 0.495 e. The molecule has 0 aromatic heterocycles. The van der Waals surface area contributed by atoms with Gasteiger partial charge in [-0.2, -0.15) is 0 Å². The summed E-state index contributed by atoms with van der Waals surface area (Å²) in [5, 5.41) is 3.33. The number of nitrogens with zero attached hydrogens (tertiary/aromatic N) is 1. The Kier molecular flexibility index (Phi) is 3.54. The molecule has 0 radical (unpaired) electrons. The fourth-order valence-corrected chi connectivity index (χ4v) is 2.64. The minimum Gasteiger partial charge on any atom is -0.495 e. The second-order valence-electron chi connectivity index (χ2n) is 5.76. The van der Waals surface area contributed by atoms with E-state index in [2.05, 4.69) is 12.2 Å². The maximum atomic E-state index is 12.6. The summed E-state index contributed by atoms with van der Waals surface area (Å²) in [7, 11) is 1.63. The Bertz CT molecular complexity index is 497. The molecule has 4 nitrogen and oxygen atoms in total. The van der Waals surface area contributed by atoms with Crippen LogP contribution in [-0.2, 0) is 4.79 Å². The highest BCUT2D eigenvalue weighted by atomic mass is 16.5. The SMILES string of the molecule is COc1ccc(C)cc1N1CC(C)NC(C)(C)C1=O. The molecule has 104 valence electrons. The molecule has 19 heavy (non-hydrogen) atoms. The Labute approximate surface area is 114 Å². The standard InChI is InChI=1S/C15H22N2O2/c1-10-6-7-13(19-5)12(8-10)17-9-11(2)16-15(3,4)14(17)18/h6-8,11,16H,9H2,1-5H3. The molecule has 1 aromatic rings. The van der Waals surface area contributed by atoms with Gasteiger partial charge in [0.25, 0.3) is 0 Å². The van der Waals surface area contributed by atoms with Crippen LogP contribution in [0.4, 0.5) is 5.69 Å². The summed E-state index contributed by atoms with van der Waals surface area (Å²) < 4.78 is 5.39. The van der Waals surface area contributed by atoms with Gasteiger partial charge in [-0.05, 0) is 45.4 Å². The van der Waals surface area contributed by atoms with Crippen molar-refractivity contribution in [1.82, 2.24) is 5.32 Å². The predicted molar refractivity (Wildman–Crippen MR) is 76.8 cm³/mol. The van der Waals surface area contributed by atoms with Gasteiger partial charge in [-0.1, -0.05) is 6.07 Å². The fourth-order valence-electron chi connectivity index (χ4n) is 2.64. The van der Waals surface area contributed by atoms with Gasteiger partial charge in [0.15, 0.2) is 0 Å². The van der Waals surface area contributed by atoms with E-state index in [9.17, 15) is 4.79 Å². The Morgan fingerprint density at radius 3 is 2.74 bits per heavy atom. The number of nitrogens with one attached hydrogen (secondary N) is 1. The van der Waals surface area contributed by atoms with Crippen molar-refractivity contribution < 1.29 is 9.53 Å². The second kappa shape index (κ2) is 4.85. The zero-order valence-electron chi connectivity index (χ0n) is 12.3. The van der Waals surface area contributed by atoms with Crippen LogP contribution < -0.4 is 15.0 Å². The highest BCUT2D eigenvalue weighted by Crippen LogP contribution is 2.32. The number of benzene rings is 1. The van der Waals surface area contributed by atoms with Gasteiger partial charge in [-0.3, -0.25) is 10.1 Å². The lowest BCUT2D eigenvalue weighted by atomic mass is 9.97. The first kappa shape index (κ1) is 13.9. The molecule has 1 aromatic carbocycles. The number of methoxy groups -OCH3 is 1. The third-order valence-electron chi connectivity index (χ3n) is 3.47. The monoisotopic (exact) mass is 262 g/mol. The molecule has 1 aliphatic heterocycles. The van der Waals surface area contributed by atoms with Gasteiger partial charge in [0, 0.05) is 12.6 Å². The number of amides is 1. The first-order chi connectivity index (χ1) is 8.85. The van der Waals surface area contributed by atoms with E-state index >= 15 is 0 Å². The van der Waals surface area contributed by atoms with E-state index in [1.807, 2.05) is 43.9 Å². The molecule has 2 rings (SSSR count). The second-order valence-corrected chi connectivity index (χ2v) is 5.76. The first-order valence-electron chi connectivity index (χ1n) is 6.59. The molecule has 1 N–H and O–H groups in total. The molecule has 1 unspecified atom stereocenters. The molecule has 1 fully saturated rings. The predicted octanol–water partition coefficient (Wildman–Crippen LogP) is 2.11. The van der Waals surface area contributed by atoms with Crippen LogP contribution in [0.25, 0.3) is 0 Å². The van der Waals surface area contributed by atoms with Crippen molar-refractivity contribution in [3.05, 3.63) is 23.8 Å². The molecule has 1 amide bonds. The minimum atomic E-state index is -0.549. The minimum absolute atomic E-state index is 0.0782. The summed E-state index contributed by atoms with van der Waals surface area (Å²) >= 11 is 0. The molecular formula is C15H22N2O2. The van der Waals surface area contributed by atoms with E-state index in [1.165, 1.54) is 0 Å². The van der Waals surface area contributed by atoms with Crippen LogP contribution in [0.2, 0.25) is 0 Å². The molecule has 0 spiro atoms. The number of ether oxygens (including phenoxy) is 1. The highest BCUT2D eigenvalue weighted by Gasteiger charge is 2.39. The van der Waals surface area contributed by atoms with E-state index in [0.29, 0.717) is 6.54 Å². The number of carbonyl (C=O) groups is 1. The Morgan fingerprint density at radius 1 is 1.42 bits per heavy atom. The number of hydrogen-bond acceptors (Lipinski definition) is 3. The van der Waals surface area contributed by atoms with Crippen molar-refractivity contribution in [2.75, 3.05) is 18.6 Å². The average Bonchev–Trinajstić information content (AvgIpc) is 2.33. The molecule has 1 heterocycles. The molecular weight excluding hydrogens is 240 g/mol. The Hall–Kier alpha value is -1.55. The summed E-state index contributed by atoms with van der Waals surface area (Å²) in [5.41, 5.74) is 1.42. The summed E-state index contributed by atoms with van der Waals surface area (Å²) in [4.78, 5) is 14.4. The highest BCUT2D eigenvalue weighted by molar-refractivity contribution is 6.01. The van der Waals surface area contributed by atoms with Crippen molar-refractivity contribution in [3.63, 3.8) is 0 Å². The quantitative estimate of drug-likeness (QED) is 0.887. The Balaban J connectivity index is 2.45. The van der Waals surface area contributed by atoms with E-state index in [4.69, 9.17) is 4.74 Å². The summed E-state index contributed by atoms with van der Waals surface area (Å²) in [5.74, 6) is 0.818. The molecule has 4 heteroatoms. The molecule has 0 saturated carbocycles. The van der Waals surface area contributed by atoms with Gasteiger partial charge in [0.05, 0.1) is 18.3 Å². The van der Waals surface area contributed by atoms with Crippen LogP contribution >= 0.6 is 0 Å². The van der Waals surface area contributed by atoms with Crippen LogP contribution in [0.1, 0.15) is 26.3 Å². The molecule has 1 saturated heterocycles. The van der Waals surface area contributed by atoms with Crippen molar-refractivity contribution in [3.8, 4) is 5.75 Å². The first-order valence-corrected chi connectivity index (χ1v) is 6.59. The number of carbonyl (C=O) groups excluding carboxylic acids is 1. The number of piperazine rings is 1. The average molecular weight is 262 g/mol. The van der Waals surface area contributed by atoms with Gasteiger partial charge in [-0.15, -0.1) is 0 Å². The lowest BCUT2D eigenvalue weighted by Crippen LogP contribution is -2.65. The lowest BCUT2D eigenvalue weighted by Gasteiger charge is -2.42. The topological polar surface area (TPSA) is 41.6 Å².